The van der Waals surface area contributed by atoms with E-state index in [1.807, 2.05) is 31.2 Å². The van der Waals surface area contributed by atoms with Gasteiger partial charge >= 0.3 is 0 Å². The molecule has 0 unspecified atom stereocenters. The van der Waals surface area contributed by atoms with E-state index in [2.05, 4.69) is 14.7 Å². The van der Waals surface area contributed by atoms with E-state index in [4.69, 9.17) is 11.6 Å². The number of hydrogen-bond acceptors (Lipinski definition) is 6. The van der Waals surface area contributed by atoms with Crippen LogP contribution in [0.1, 0.15) is 5.56 Å². The second-order valence-electron chi connectivity index (χ2n) is 7.90. The topological polar surface area (TPSA) is 109 Å². The van der Waals surface area contributed by atoms with E-state index in [-0.39, 0.29) is 15.7 Å². The van der Waals surface area contributed by atoms with Crippen LogP contribution in [0, 0.1) is 6.92 Å². The molecular weight excluding hydrogens is 496 g/mol. The van der Waals surface area contributed by atoms with Crippen LogP contribution in [0.3, 0.4) is 0 Å². The fourth-order valence-corrected chi connectivity index (χ4v) is 6.46. The fourth-order valence-electron chi connectivity index (χ4n) is 3.77. The number of nitrogens with one attached hydrogen (secondary N) is 1. The lowest BCUT2D eigenvalue weighted by atomic mass is 10.0. The minimum absolute atomic E-state index is 0.0605. The van der Waals surface area contributed by atoms with Crippen molar-refractivity contribution in [3.05, 3.63) is 77.6 Å². The molecular formula is C23H19ClN4O4S2. The first-order valence-corrected chi connectivity index (χ1v) is 13.8. The third kappa shape index (κ3) is 4.08. The normalized spacial score (nSPS) is 15.2. The molecule has 11 heteroatoms. The van der Waals surface area contributed by atoms with Gasteiger partial charge in [0.15, 0.2) is 0 Å². The second-order valence-corrected chi connectivity index (χ2v) is 12.0. The summed E-state index contributed by atoms with van der Waals surface area (Å²) in [6, 6.07) is 14.9. The summed E-state index contributed by atoms with van der Waals surface area (Å²) in [6.07, 6.45) is 3.40. The molecule has 2 aromatic heterocycles. The second kappa shape index (κ2) is 8.23. The predicted octanol–water partition coefficient (Wildman–Crippen LogP) is 4.21. The Morgan fingerprint density at radius 2 is 1.88 bits per heavy atom. The number of nitrogens with zero attached hydrogens (tertiary/aromatic N) is 3. The quantitative estimate of drug-likeness (QED) is 0.427. The van der Waals surface area contributed by atoms with Gasteiger partial charge in [0.05, 0.1) is 27.7 Å². The first kappa shape index (κ1) is 22.6. The highest BCUT2D eigenvalue weighted by molar-refractivity contribution is 7.94. The molecule has 1 fully saturated rings. The molecule has 2 aromatic carbocycles. The largest absolute Gasteiger partial charge is 0.280 e. The molecule has 0 saturated carbocycles. The summed E-state index contributed by atoms with van der Waals surface area (Å²) in [7, 11) is -7.37. The van der Waals surface area contributed by atoms with Crippen LogP contribution in [0.4, 0.5) is 11.4 Å². The third-order valence-corrected chi connectivity index (χ3v) is 9.26. The predicted molar refractivity (Wildman–Crippen MR) is 133 cm³/mol. The van der Waals surface area contributed by atoms with Gasteiger partial charge in [0.1, 0.15) is 4.90 Å². The van der Waals surface area contributed by atoms with Crippen LogP contribution in [0.2, 0.25) is 5.02 Å². The molecule has 0 amide bonds. The molecule has 174 valence electrons. The van der Waals surface area contributed by atoms with Crippen molar-refractivity contribution >= 4 is 53.9 Å². The minimum Gasteiger partial charge on any atom is -0.280 e. The van der Waals surface area contributed by atoms with Crippen LogP contribution in [0.5, 0.6) is 0 Å². The van der Waals surface area contributed by atoms with Crippen molar-refractivity contribution in [2.75, 3.05) is 21.3 Å². The Morgan fingerprint density at radius 1 is 1.06 bits per heavy atom. The van der Waals surface area contributed by atoms with E-state index in [1.54, 1.807) is 24.5 Å². The van der Waals surface area contributed by atoms with Crippen molar-refractivity contribution in [1.29, 1.82) is 0 Å². The van der Waals surface area contributed by atoms with Gasteiger partial charge in [-0.2, -0.15) is 0 Å². The average Bonchev–Trinajstić information content (AvgIpc) is 2.79. The molecule has 34 heavy (non-hydrogen) atoms. The highest BCUT2D eigenvalue weighted by Crippen LogP contribution is 2.33. The Bertz CT molecular complexity index is 1660. The van der Waals surface area contributed by atoms with E-state index in [0.29, 0.717) is 23.6 Å². The maximum Gasteiger partial charge on any atom is 0.263 e. The van der Waals surface area contributed by atoms with E-state index in [9.17, 15) is 16.8 Å². The molecule has 0 radical (unpaired) electrons. The van der Waals surface area contributed by atoms with Crippen molar-refractivity contribution in [1.82, 2.24) is 9.97 Å². The Balaban J connectivity index is 1.46. The number of aromatic nitrogens is 2. The molecule has 4 aromatic rings. The monoisotopic (exact) mass is 514 g/mol. The molecule has 1 aliphatic rings. The van der Waals surface area contributed by atoms with Crippen LogP contribution >= 0.6 is 11.6 Å². The lowest BCUT2D eigenvalue weighted by Gasteiger charge is -2.32. The molecule has 0 spiro atoms. The zero-order chi connectivity index (χ0) is 24.1. The smallest absolute Gasteiger partial charge is 0.263 e. The number of halogens is 1. The number of anilines is 2. The lowest BCUT2D eigenvalue weighted by Crippen LogP contribution is -2.47. The number of rotatable bonds is 5. The van der Waals surface area contributed by atoms with Crippen molar-refractivity contribution < 1.29 is 16.8 Å². The SMILES string of the molecule is Cc1ccc(NS(=O)(=O)c2ccc(N3CCS3(=O)=O)cc2Cl)cc1-c1ccc2cnccc2n1. The van der Waals surface area contributed by atoms with Gasteiger partial charge in [-0.3, -0.25) is 14.0 Å². The first-order chi connectivity index (χ1) is 16.1. The van der Waals surface area contributed by atoms with Crippen LogP contribution in [-0.4, -0.2) is 39.1 Å². The summed E-state index contributed by atoms with van der Waals surface area (Å²) in [5.74, 6) is 0.0605. The van der Waals surface area contributed by atoms with E-state index in [0.717, 1.165) is 22.0 Å². The maximum atomic E-state index is 13.1. The first-order valence-electron chi connectivity index (χ1n) is 10.3. The van der Waals surface area contributed by atoms with Gasteiger partial charge in [-0.25, -0.2) is 21.8 Å². The number of fused-ring (bicyclic) bond motifs is 1. The third-order valence-electron chi connectivity index (χ3n) is 5.64. The Morgan fingerprint density at radius 3 is 2.59 bits per heavy atom. The van der Waals surface area contributed by atoms with Gasteiger partial charge in [0.2, 0.25) is 10.0 Å². The van der Waals surface area contributed by atoms with Gasteiger partial charge in [-0.15, -0.1) is 0 Å². The zero-order valence-electron chi connectivity index (χ0n) is 17.9. The highest BCUT2D eigenvalue weighted by Gasteiger charge is 2.33. The van der Waals surface area contributed by atoms with Gasteiger partial charge in [-0.1, -0.05) is 17.7 Å². The van der Waals surface area contributed by atoms with E-state index >= 15 is 0 Å². The van der Waals surface area contributed by atoms with E-state index < -0.39 is 20.0 Å². The van der Waals surface area contributed by atoms with Crippen molar-refractivity contribution in [3.63, 3.8) is 0 Å². The van der Waals surface area contributed by atoms with Gasteiger partial charge in [0, 0.05) is 35.6 Å². The Hall–Kier alpha value is -3.21. The molecule has 1 aliphatic heterocycles. The molecule has 3 heterocycles. The molecule has 0 bridgehead atoms. The summed E-state index contributed by atoms with van der Waals surface area (Å²) in [4.78, 5) is 8.62. The molecule has 1 saturated heterocycles. The molecule has 0 atom stereocenters. The van der Waals surface area contributed by atoms with Gasteiger partial charge in [0.25, 0.3) is 10.0 Å². The van der Waals surface area contributed by atoms with Crippen LogP contribution in [0.25, 0.3) is 22.2 Å². The Labute approximate surface area is 202 Å². The van der Waals surface area contributed by atoms with Crippen molar-refractivity contribution in [2.24, 2.45) is 0 Å². The number of aryl methyl sites for hydroxylation is 1. The molecule has 5 rings (SSSR count). The number of hydrogen-bond donors (Lipinski definition) is 1. The molecule has 8 nitrogen and oxygen atoms in total. The zero-order valence-corrected chi connectivity index (χ0v) is 20.3. The summed E-state index contributed by atoms with van der Waals surface area (Å²) >= 11 is 6.25. The molecule has 1 N–H and O–H groups in total. The van der Waals surface area contributed by atoms with Crippen LogP contribution in [-0.2, 0) is 20.0 Å². The van der Waals surface area contributed by atoms with E-state index in [1.165, 1.54) is 22.5 Å². The highest BCUT2D eigenvalue weighted by atomic mass is 35.5. The standard InChI is InChI=1S/C23H19ClN4O4S2/c1-15-2-4-17(12-19(15)22-6-3-16-14-25-9-8-21(16)26-22)27-34(31,32)23-7-5-18(13-20(23)24)28-10-11-33(28,29)30/h2-9,12-14,27H,10-11H2,1H3. The van der Waals surface area contributed by atoms with Crippen LogP contribution < -0.4 is 9.03 Å². The maximum absolute atomic E-state index is 13.1. The number of benzene rings is 2. The summed E-state index contributed by atoms with van der Waals surface area (Å²) in [5, 5.41) is 0.842. The van der Waals surface area contributed by atoms with Crippen molar-refractivity contribution in [3.8, 4) is 11.3 Å². The number of sulfonamides is 2. The number of pyridine rings is 2. The summed E-state index contributed by atoms with van der Waals surface area (Å²) in [5.41, 5.74) is 3.89. The van der Waals surface area contributed by atoms with Gasteiger partial charge < -0.3 is 0 Å². The Kier molecular flexibility index (Phi) is 5.46. The summed E-state index contributed by atoms with van der Waals surface area (Å²) in [6.45, 7) is 2.26. The van der Waals surface area contributed by atoms with Crippen LogP contribution in [0.15, 0.2) is 71.9 Å². The van der Waals surface area contributed by atoms with Crippen molar-refractivity contribution in [2.45, 2.75) is 11.8 Å². The van der Waals surface area contributed by atoms with Gasteiger partial charge in [-0.05, 0) is 61.0 Å². The molecule has 0 aliphatic carbocycles. The minimum atomic E-state index is -4.03. The fraction of sp³-hybridized carbons (Fsp3) is 0.130. The average molecular weight is 515 g/mol. The lowest BCUT2D eigenvalue weighted by molar-refractivity contribution is 0.578. The summed E-state index contributed by atoms with van der Waals surface area (Å²) < 4.78 is 53.6.